The number of likely N-dealkylation sites (tertiary alicyclic amines) is 3. The van der Waals surface area contributed by atoms with Gasteiger partial charge in [-0.2, -0.15) is 0 Å². The Morgan fingerprint density at radius 3 is 2.70 bits per heavy atom. The quantitative estimate of drug-likeness (QED) is 0.819. The van der Waals surface area contributed by atoms with Crippen molar-refractivity contribution in [2.24, 2.45) is 11.3 Å². The van der Waals surface area contributed by atoms with Gasteiger partial charge in [0, 0.05) is 37.5 Å². The molecule has 1 amide bonds. The van der Waals surface area contributed by atoms with Crippen LogP contribution in [0.15, 0.2) is 24.3 Å². The fourth-order valence-electron chi connectivity index (χ4n) is 5.48. The number of benzene rings is 1. The van der Waals surface area contributed by atoms with Crippen LogP contribution in [0, 0.1) is 18.3 Å². The van der Waals surface area contributed by atoms with Gasteiger partial charge in [-0.05, 0) is 71.3 Å². The van der Waals surface area contributed by atoms with Crippen LogP contribution in [0.4, 0.5) is 0 Å². The van der Waals surface area contributed by atoms with E-state index in [2.05, 4.69) is 52.9 Å². The lowest BCUT2D eigenvalue weighted by molar-refractivity contribution is -0.136. The molecule has 1 spiro atoms. The molecule has 3 aliphatic heterocycles. The van der Waals surface area contributed by atoms with Crippen molar-refractivity contribution in [1.29, 1.82) is 0 Å². The van der Waals surface area contributed by atoms with Crippen molar-refractivity contribution < 1.29 is 4.79 Å². The minimum absolute atomic E-state index is 0.267. The summed E-state index contributed by atoms with van der Waals surface area (Å²) in [7, 11) is 2.16. The van der Waals surface area contributed by atoms with Crippen molar-refractivity contribution >= 4 is 5.91 Å². The smallest absolute Gasteiger partial charge is 0.225 e. The van der Waals surface area contributed by atoms with Crippen molar-refractivity contribution in [2.75, 3.05) is 46.3 Å². The second-order valence-electron chi connectivity index (χ2n) is 9.39. The summed E-state index contributed by atoms with van der Waals surface area (Å²) in [5, 5.41) is 0. The van der Waals surface area contributed by atoms with Crippen LogP contribution in [0.25, 0.3) is 0 Å². The molecule has 0 aliphatic carbocycles. The van der Waals surface area contributed by atoms with Crippen LogP contribution in [0.3, 0.4) is 0 Å². The summed E-state index contributed by atoms with van der Waals surface area (Å²) >= 11 is 0. The van der Waals surface area contributed by atoms with Gasteiger partial charge in [-0.1, -0.05) is 29.8 Å². The zero-order valence-electron chi connectivity index (χ0n) is 17.1. The van der Waals surface area contributed by atoms with Gasteiger partial charge in [0.05, 0.1) is 0 Å². The maximum absolute atomic E-state index is 13.0. The van der Waals surface area contributed by atoms with E-state index in [1.165, 1.54) is 36.9 Å². The van der Waals surface area contributed by atoms with E-state index in [9.17, 15) is 4.79 Å². The molecule has 3 saturated heterocycles. The van der Waals surface area contributed by atoms with Gasteiger partial charge in [0.1, 0.15) is 0 Å². The molecule has 1 unspecified atom stereocenters. The van der Waals surface area contributed by atoms with Crippen LogP contribution in [-0.2, 0) is 11.3 Å². The van der Waals surface area contributed by atoms with Crippen molar-refractivity contribution in [3.05, 3.63) is 35.4 Å². The standard InChI is InChI=1S/C23H35N3O/c1-19-5-3-6-20(15-19)16-25-11-4-9-23(17-25)10-14-26(18-23)22(27)21-7-12-24(2)13-8-21/h3,5-6,15,21H,4,7-14,16-18H2,1-2H3. The van der Waals surface area contributed by atoms with Gasteiger partial charge in [0.2, 0.25) is 5.91 Å². The first kappa shape index (κ1) is 18.9. The maximum Gasteiger partial charge on any atom is 0.225 e. The Kier molecular flexibility index (Phi) is 5.56. The van der Waals surface area contributed by atoms with Gasteiger partial charge < -0.3 is 9.80 Å². The maximum atomic E-state index is 13.0. The van der Waals surface area contributed by atoms with Gasteiger partial charge in [-0.15, -0.1) is 0 Å². The topological polar surface area (TPSA) is 26.8 Å². The molecule has 0 aromatic heterocycles. The predicted molar refractivity (Wildman–Crippen MR) is 110 cm³/mol. The van der Waals surface area contributed by atoms with Crippen LogP contribution in [0.5, 0.6) is 0 Å². The molecule has 4 heteroatoms. The first-order valence-electron chi connectivity index (χ1n) is 10.8. The van der Waals surface area contributed by atoms with Gasteiger partial charge in [0.25, 0.3) is 0 Å². The number of nitrogens with zero attached hydrogens (tertiary/aromatic N) is 3. The Labute approximate surface area is 164 Å². The average Bonchev–Trinajstić information content (AvgIpc) is 3.05. The summed E-state index contributed by atoms with van der Waals surface area (Å²) in [5.41, 5.74) is 3.10. The number of carbonyl (C=O) groups is 1. The number of piperidine rings is 2. The van der Waals surface area contributed by atoms with E-state index in [-0.39, 0.29) is 5.92 Å². The lowest BCUT2D eigenvalue weighted by atomic mass is 9.79. The predicted octanol–water partition coefficient (Wildman–Crippen LogP) is 3.15. The van der Waals surface area contributed by atoms with E-state index >= 15 is 0 Å². The van der Waals surface area contributed by atoms with Gasteiger partial charge >= 0.3 is 0 Å². The van der Waals surface area contributed by atoms with E-state index < -0.39 is 0 Å². The van der Waals surface area contributed by atoms with Gasteiger partial charge in [-0.3, -0.25) is 9.69 Å². The Balaban J connectivity index is 1.35. The molecule has 4 rings (SSSR count). The third-order valence-corrected chi connectivity index (χ3v) is 7.05. The molecular formula is C23H35N3O. The molecule has 0 bridgehead atoms. The highest BCUT2D eigenvalue weighted by Gasteiger charge is 2.43. The first-order chi connectivity index (χ1) is 13.0. The molecular weight excluding hydrogens is 334 g/mol. The molecule has 3 heterocycles. The second kappa shape index (κ2) is 7.92. The van der Waals surface area contributed by atoms with Crippen molar-refractivity contribution in [1.82, 2.24) is 14.7 Å². The molecule has 0 radical (unpaired) electrons. The van der Waals surface area contributed by atoms with E-state index in [1.807, 2.05) is 0 Å². The largest absolute Gasteiger partial charge is 0.342 e. The van der Waals surface area contributed by atoms with Crippen molar-refractivity contribution in [3.8, 4) is 0 Å². The Bertz CT molecular complexity index is 667. The highest BCUT2D eigenvalue weighted by atomic mass is 16.2. The van der Waals surface area contributed by atoms with Crippen molar-refractivity contribution in [2.45, 2.75) is 45.6 Å². The van der Waals surface area contributed by atoms with Crippen LogP contribution < -0.4 is 0 Å². The Morgan fingerprint density at radius 1 is 1.11 bits per heavy atom. The third kappa shape index (κ3) is 4.38. The molecule has 0 N–H and O–H groups in total. The molecule has 3 fully saturated rings. The summed E-state index contributed by atoms with van der Waals surface area (Å²) < 4.78 is 0. The summed E-state index contributed by atoms with van der Waals surface area (Å²) in [4.78, 5) is 20.2. The molecule has 0 saturated carbocycles. The number of hydrogen-bond donors (Lipinski definition) is 0. The van der Waals surface area contributed by atoms with Crippen molar-refractivity contribution in [3.63, 3.8) is 0 Å². The lowest BCUT2D eigenvalue weighted by Gasteiger charge is -2.40. The van der Waals surface area contributed by atoms with E-state index in [1.54, 1.807) is 0 Å². The average molecular weight is 370 g/mol. The summed E-state index contributed by atoms with van der Waals surface area (Å²) in [6.07, 6.45) is 5.82. The number of amides is 1. The Hall–Kier alpha value is -1.39. The zero-order chi connectivity index (χ0) is 18.9. The first-order valence-corrected chi connectivity index (χ1v) is 10.8. The molecule has 1 aromatic carbocycles. The minimum atomic E-state index is 0.267. The van der Waals surface area contributed by atoms with Gasteiger partial charge in [-0.25, -0.2) is 0 Å². The molecule has 27 heavy (non-hydrogen) atoms. The van der Waals surface area contributed by atoms with E-state index in [0.29, 0.717) is 11.3 Å². The number of aryl methyl sites for hydroxylation is 1. The minimum Gasteiger partial charge on any atom is -0.342 e. The fourth-order valence-corrected chi connectivity index (χ4v) is 5.48. The highest BCUT2D eigenvalue weighted by Crippen LogP contribution is 2.40. The van der Waals surface area contributed by atoms with Gasteiger partial charge in [0.15, 0.2) is 0 Å². The summed E-state index contributed by atoms with van der Waals surface area (Å²) in [5.74, 6) is 0.708. The highest BCUT2D eigenvalue weighted by molar-refractivity contribution is 5.79. The normalized spacial score (nSPS) is 28.1. The second-order valence-corrected chi connectivity index (χ2v) is 9.39. The zero-order valence-corrected chi connectivity index (χ0v) is 17.1. The van der Waals surface area contributed by atoms with Crippen LogP contribution >= 0.6 is 0 Å². The number of carbonyl (C=O) groups excluding carboxylic acids is 1. The molecule has 1 atom stereocenters. The molecule has 4 nitrogen and oxygen atoms in total. The third-order valence-electron chi connectivity index (χ3n) is 7.05. The number of hydrogen-bond acceptors (Lipinski definition) is 3. The molecule has 3 aliphatic rings. The van der Waals surface area contributed by atoms with Crippen LogP contribution in [-0.4, -0.2) is 66.9 Å². The van der Waals surface area contributed by atoms with Crippen LogP contribution in [0.2, 0.25) is 0 Å². The fraction of sp³-hybridized carbons (Fsp3) is 0.696. The summed E-state index contributed by atoms with van der Waals surface area (Å²) in [6, 6.07) is 8.90. The Morgan fingerprint density at radius 2 is 1.93 bits per heavy atom. The molecule has 148 valence electrons. The monoisotopic (exact) mass is 369 g/mol. The van der Waals surface area contributed by atoms with E-state index in [0.717, 1.165) is 52.1 Å². The SMILES string of the molecule is Cc1cccc(CN2CCCC3(CCN(C(=O)C4CCN(C)CC4)C3)C2)c1. The number of rotatable bonds is 3. The molecule has 1 aromatic rings. The van der Waals surface area contributed by atoms with E-state index in [4.69, 9.17) is 0 Å². The summed E-state index contributed by atoms with van der Waals surface area (Å²) in [6.45, 7) is 9.67. The lowest BCUT2D eigenvalue weighted by Crippen LogP contribution is -2.46. The van der Waals surface area contributed by atoms with Crippen LogP contribution in [0.1, 0.15) is 43.2 Å².